The number of rotatable bonds is 2. The summed E-state index contributed by atoms with van der Waals surface area (Å²) in [5.74, 6) is 0. The summed E-state index contributed by atoms with van der Waals surface area (Å²) in [6.07, 6.45) is 5.13. The number of hydrogen-bond donors (Lipinski definition) is 2. The number of nitrogens with one attached hydrogen (secondary N) is 1. The first-order valence-electron chi connectivity index (χ1n) is 6.78. The molecule has 3 rings (SSSR count). The van der Waals surface area contributed by atoms with Crippen molar-refractivity contribution in [1.82, 2.24) is 4.90 Å². The number of piperidine rings is 1. The van der Waals surface area contributed by atoms with Gasteiger partial charge in [-0.25, -0.2) is 0 Å². The molecule has 2 fully saturated rings. The van der Waals surface area contributed by atoms with Gasteiger partial charge in [0.15, 0.2) is 0 Å². The quantitative estimate of drug-likeness (QED) is 0.808. The fourth-order valence-electron chi connectivity index (χ4n) is 3.24. The van der Waals surface area contributed by atoms with Crippen molar-refractivity contribution in [2.24, 2.45) is 0 Å². The van der Waals surface area contributed by atoms with Crippen molar-refractivity contribution in [1.29, 1.82) is 0 Å². The minimum atomic E-state index is 0.533. The molecule has 0 radical (unpaired) electrons. The highest BCUT2D eigenvalue weighted by Gasteiger charge is 2.31. The summed E-state index contributed by atoms with van der Waals surface area (Å²) in [5, 5.41) is 4.20. The van der Waals surface area contributed by atoms with Crippen molar-refractivity contribution in [2.45, 2.75) is 37.8 Å². The molecule has 0 spiro atoms. The summed E-state index contributed by atoms with van der Waals surface area (Å²) in [4.78, 5) is 2.62. The van der Waals surface area contributed by atoms with Crippen molar-refractivity contribution in [3.8, 4) is 0 Å². The molecule has 18 heavy (non-hydrogen) atoms. The van der Waals surface area contributed by atoms with E-state index in [4.69, 9.17) is 17.3 Å². The van der Waals surface area contributed by atoms with Gasteiger partial charge in [0.1, 0.15) is 0 Å². The molecule has 0 bridgehead atoms. The highest BCUT2D eigenvalue weighted by molar-refractivity contribution is 6.33. The van der Waals surface area contributed by atoms with Crippen LogP contribution in [0.15, 0.2) is 18.2 Å². The van der Waals surface area contributed by atoms with Gasteiger partial charge in [-0.05, 0) is 44.4 Å². The first-order chi connectivity index (χ1) is 8.74. The Morgan fingerprint density at radius 1 is 1.28 bits per heavy atom. The molecule has 2 saturated heterocycles. The smallest absolute Gasteiger partial charge is 0.0739 e. The molecule has 3 N–H and O–H groups in total. The van der Waals surface area contributed by atoms with Crippen LogP contribution in [0.1, 0.15) is 25.7 Å². The monoisotopic (exact) mass is 265 g/mol. The lowest BCUT2D eigenvalue weighted by molar-refractivity contribution is 0.188. The van der Waals surface area contributed by atoms with Gasteiger partial charge in [-0.2, -0.15) is 0 Å². The van der Waals surface area contributed by atoms with E-state index < -0.39 is 0 Å². The Labute approximate surface area is 113 Å². The third-order valence-corrected chi connectivity index (χ3v) is 4.56. The van der Waals surface area contributed by atoms with E-state index in [1.165, 1.54) is 38.8 Å². The van der Waals surface area contributed by atoms with Gasteiger partial charge in [-0.1, -0.05) is 17.7 Å². The summed E-state index contributed by atoms with van der Waals surface area (Å²) in [6.45, 7) is 2.50. The number of halogens is 1. The van der Waals surface area contributed by atoms with E-state index in [0.29, 0.717) is 16.8 Å². The molecule has 2 heterocycles. The van der Waals surface area contributed by atoms with Crippen molar-refractivity contribution in [3.05, 3.63) is 23.2 Å². The summed E-state index contributed by atoms with van der Waals surface area (Å²) in [6, 6.07) is 7.11. The van der Waals surface area contributed by atoms with Crippen LogP contribution in [-0.2, 0) is 0 Å². The lowest BCUT2D eigenvalue weighted by Crippen LogP contribution is -2.42. The minimum absolute atomic E-state index is 0.533. The van der Waals surface area contributed by atoms with Gasteiger partial charge >= 0.3 is 0 Å². The van der Waals surface area contributed by atoms with E-state index in [1.807, 2.05) is 18.2 Å². The standard InChI is InChI=1S/C14H20ClN3/c15-12-4-1-5-13(14(12)16)17-10-6-8-18-7-2-3-11(18)9-10/h1,4-5,10-11,17H,2-3,6-9,16H2. The SMILES string of the molecule is Nc1c(Cl)cccc1NC1CCN2CCCC2C1. The number of benzene rings is 1. The van der Waals surface area contributed by atoms with Gasteiger partial charge in [-0.3, -0.25) is 0 Å². The topological polar surface area (TPSA) is 41.3 Å². The van der Waals surface area contributed by atoms with Crippen LogP contribution < -0.4 is 11.1 Å². The number of nitrogens with zero attached hydrogens (tertiary/aromatic N) is 1. The zero-order valence-electron chi connectivity index (χ0n) is 10.5. The summed E-state index contributed by atoms with van der Waals surface area (Å²) >= 11 is 6.05. The molecule has 3 nitrogen and oxygen atoms in total. The number of para-hydroxylation sites is 1. The molecule has 1 aromatic carbocycles. The van der Waals surface area contributed by atoms with Crippen LogP contribution in [0.3, 0.4) is 0 Å². The fourth-order valence-corrected chi connectivity index (χ4v) is 3.41. The van der Waals surface area contributed by atoms with Crippen LogP contribution in [0, 0.1) is 0 Å². The largest absolute Gasteiger partial charge is 0.396 e. The molecule has 2 aliphatic rings. The molecule has 0 aliphatic carbocycles. The van der Waals surface area contributed by atoms with Crippen molar-refractivity contribution in [3.63, 3.8) is 0 Å². The van der Waals surface area contributed by atoms with Gasteiger partial charge in [-0.15, -0.1) is 0 Å². The van der Waals surface area contributed by atoms with Gasteiger partial charge in [0, 0.05) is 18.6 Å². The first-order valence-corrected chi connectivity index (χ1v) is 7.16. The molecule has 0 amide bonds. The van der Waals surface area contributed by atoms with Gasteiger partial charge in [0.25, 0.3) is 0 Å². The molecule has 2 aliphatic heterocycles. The normalized spacial score (nSPS) is 28.1. The predicted molar refractivity (Wildman–Crippen MR) is 77.1 cm³/mol. The lowest BCUT2D eigenvalue weighted by Gasteiger charge is -2.35. The second kappa shape index (κ2) is 4.98. The molecule has 2 unspecified atom stereocenters. The maximum Gasteiger partial charge on any atom is 0.0739 e. The first kappa shape index (κ1) is 12.1. The van der Waals surface area contributed by atoms with Crippen LogP contribution >= 0.6 is 11.6 Å². The van der Waals surface area contributed by atoms with Crippen molar-refractivity contribution < 1.29 is 0 Å². The van der Waals surface area contributed by atoms with Crippen LogP contribution in [0.5, 0.6) is 0 Å². The molecule has 0 saturated carbocycles. The minimum Gasteiger partial charge on any atom is -0.396 e. The number of hydrogen-bond acceptors (Lipinski definition) is 3. The maximum atomic E-state index is 6.05. The average molecular weight is 266 g/mol. The molecular formula is C14H20ClN3. The molecule has 4 heteroatoms. The van der Waals surface area contributed by atoms with E-state index in [1.54, 1.807) is 0 Å². The molecule has 98 valence electrons. The van der Waals surface area contributed by atoms with E-state index in [-0.39, 0.29) is 0 Å². The zero-order chi connectivity index (χ0) is 12.5. The van der Waals surface area contributed by atoms with E-state index >= 15 is 0 Å². The molecular weight excluding hydrogens is 246 g/mol. The van der Waals surface area contributed by atoms with E-state index in [2.05, 4.69) is 10.2 Å². The van der Waals surface area contributed by atoms with Gasteiger partial charge < -0.3 is 16.0 Å². The van der Waals surface area contributed by atoms with Crippen molar-refractivity contribution >= 4 is 23.0 Å². The summed E-state index contributed by atoms with van der Waals surface area (Å²) in [7, 11) is 0. The Bertz CT molecular complexity index is 435. The highest BCUT2D eigenvalue weighted by atomic mass is 35.5. The Hall–Kier alpha value is -0.930. The Morgan fingerprint density at radius 3 is 3.06 bits per heavy atom. The predicted octanol–water partition coefficient (Wildman–Crippen LogP) is 2.96. The van der Waals surface area contributed by atoms with E-state index in [9.17, 15) is 0 Å². The lowest BCUT2D eigenvalue weighted by atomic mass is 9.97. The summed E-state index contributed by atoms with van der Waals surface area (Å²) in [5.41, 5.74) is 7.66. The summed E-state index contributed by atoms with van der Waals surface area (Å²) < 4.78 is 0. The van der Waals surface area contributed by atoms with Crippen molar-refractivity contribution in [2.75, 3.05) is 24.1 Å². The Morgan fingerprint density at radius 2 is 2.17 bits per heavy atom. The highest BCUT2D eigenvalue weighted by Crippen LogP contribution is 2.31. The zero-order valence-corrected chi connectivity index (χ0v) is 11.3. The van der Waals surface area contributed by atoms with Crippen LogP contribution in [0.4, 0.5) is 11.4 Å². The third-order valence-electron chi connectivity index (χ3n) is 4.23. The molecule has 0 aromatic heterocycles. The number of nitrogen functional groups attached to an aromatic ring is 1. The van der Waals surface area contributed by atoms with Crippen LogP contribution in [0.25, 0.3) is 0 Å². The van der Waals surface area contributed by atoms with Gasteiger partial charge in [0.2, 0.25) is 0 Å². The van der Waals surface area contributed by atoms with Crippen LogP contribution in [0.2, 0.25) is 5.02 Å². The van der Waals surface area contributed by atoms with Crippen LogP contribution in [-0.4, -0.2) is 30.1 Å². The second-order valence-corrected chi connectivity index (χ2v) is 5.81. The Balaban J connectivity index is 1.68. The number of fused-ring (bicyclic) bond motifs is 1. The Kier molecular flexibility index (Phi) is 3.35. The number of anilines is 2. The third kappa shape index (κ3) is 2.29. The molecule has 1 aromatic rings. The second-order valence-electron chi connectivity index (χ2n) is 5.40. The average Bonchev–Trinajstić information content (AvgIpc) is 2.82. The van der Waals surface area contributed by atoms with E-state index in [0.717, 1.165) is 11.7 Å². The maximum absolute atomic E-state index is 6.05. The fraction of sp³-hybridized carbons (Fsp3) is 0.571. The van der Waals surface area contributed by atoms with Gasteiger partial charge in [0.05, 0.1) is 16.4 Å². The number of nitrogens with two attached hydrogens (primary N) is 1. The molecule has 2 atom stereocenters.